The number of carbonyl (C=O) groups is 2. The maximum atomic E-state index is 13.9. The standard InChI is InChI=1S/C34H44N2O6/c1-18(2)26(36(7)8)29(38)40-25-16-19-15-21-20-11-9-10-12-22(20)35-27(21)32(19,6)31(5)13-14-33-24(34(25,31)39)17-23(37)28(41-33)30(3,4)42-33/h9-12,17-19,25-26,28,35,39H,13-16H2,1-8H3. The molecule has 8 heteroatoms. The van der Waals surface area contributed by atoms with Gasteiger partial charge < -0.3 is 24.3 Å². The van der Waals surface area contributed by atoms with Crippen molar-refractivity contribution in [3.8, 4) is 0 Å². The van der Waals surface area contributed by atoms with Crippen molar-refractivity contribution in [3.05, 3.63) is 47.2 Å². The second-order valence-corrected chi connectivity index (χ2v) is 15.0. The van der Waals surface area contributed by atoms with E-state index in [1.165, 1.54) is 10.9 Å². The zero-order valence-corrected chi connectivity index (χ0v) is 26.0. The molecule has 1 spiro atoms. The van der Waals surface area contributed by atoms with Crippen molar-refractivity contribution in [3.63, 3.8) is 0 Å². The minimum Gasteiger partial charge on any atom is -0.458 e. The first-order valence-corrected chi connectivity index (χ1v) is 15.4. The van der Waals surface area contributed by atoms with Crippen LogP contribution in [0.3, 0.4) is 0 Å². The summed E-state index contributed by atoms with van der Waals surface area (Å²) >= 11 is 0. The van der Waals surface area contributed by atoms with Crippen LogP contribution in [0.1, 0.15) is 72.1 Å². The number of benzene rings is 1. The van der Waals surface area contributed by atoms with E-state index in [0.717, 1.165) is 17.6 Å². The lowest BCUT2D eigenvalue weighted by Crippen LogP contribution is -2.75. The third-order valence-corrected chi connectivity index (χ3v) is 11.9. The molecule has 7 rings (SSSR count). The van der Waals surface area contributed by atoms with Gasteiger partial charge in [-0.25, -0.2) is 0 Å². The van der Waals surface area contributed by atoms with E-state index in [9.17, 15) is 14.7 Å². The molecule has 2 aromatic rings. The number of H-pyrrole nitrogens is 1. The topological polar surface area (TPSA) is 101 Å². The maximum absolute atomic E-state index is 13.9. The first kappa shape index (κ1) is 28.3. The van der Waals surface area contributed by atoms with E-state index in [1.54, 1.807) is 6.08 Å². The van der Waals surface area contributed by atoms with Gasteiger partial charge in [0.05, 0.1) is 0 Å². The lowest BCUT2D eigenvalue weighted by Gasteiger charge is -2.67. The van der Waals surface area contributed by atoms with Gasteiger partial charge in [-0.2, -0.15) is 0 Å². The van der Waals surface area contributed by atoms with Crippen LogP contribution in [-0.4, -0.2) is 76.1 Å². The molecule has 1 aromatic heterocycles. The van der Waals surface area contributed by atoms with Gasteiger partial charge in [-0.3, -0.25) is 14.5 Å². The normalized spacial score (nSPS) is 40.4. The monoisotopic (exact) mass is 576 g/mol. The number of ether oxygens (including phenoxy) is 3. The number of carbonyl (C=O) groups excluding carboxylic acids is 2. The number of ketones is 1. The van der Waals surface area contributed by atoms with Gasteiger partial charge in [-0.05, 0) is 76.7 Å². The lowest BCUT2D eigenvalue weighted by atomic mass is 9.41. The van der Waals surface area contributed by atoms with Crippen molar-refractivity contribution in [2.75, 3.05) is 14.1 Å². The number of hydrogen-bond donors (Lipinski definition) is 2. The molecule has 1 saturated heterocycles. The Bertz CT molecular complexity index is 1530. The SMILES string of the molecule is CC(C)C(C(=O)OC1CC2Cc3c([nH]c4ccccc34)C2(C)C2(C)CCC34OC(C(=O)C=C3C12O)C(C)(C)O4)N(C)C. The van der Waals surface area contributed by atoms with Crippen LogP contribution < -0.4 is 0 Å². The molecule has 226 valence electrons. The van der Waals surface area contributed by atoms with Gasteiger partial charge in [-0.15, -0.1) is 0 Å². The van der Waals surface area contributed by atoms with Crippen molar-refractivity contribution < 1.29 is 28.9 Å². The van der Waals surface area contributed by atoms with E-state index >= 15 is 0 Å². The number of fused-ring (bicyclic) bond motifs is 9. The summed E-state index contributed by atoms with van der Waals surface area (Å²) in [5.74, 6) is -1.70. The predicted molar refractivity (Wildman–Crippen MR) is 158 cm³/mol. The number of esters is 1. The Morgan fingerprint density at radius 1 is 1.14 bits per heavy atom. The Balaban J connectivity index is 1.42. The van der Waals surface area contributed by atoms with Crippen LogP contribution in [0.15, 0.2) is 35.9 Å². The van der Waals surface area contributed by atoms with Crippen LogP contribution in [0.2, 0.25) is 0 Å². The highest BCUT2D eigenvalue weighted by Gasteiger charge is 2.78. The number of rotatable bonds is 4. The van der Waals surface area contributed by atoms with E-state index in [2.05, 4.69) is 37.0 Å². The molecule has 3 heterocycles. The van der Waals surface area contributed by atoms with Crippen molar-refractivity contribution in [1.29, 1.82) is 0 Å². The van der Waals surface area contributed by atoms with E-state index < -0.39 is 46.1 Å². The Morgan fingerprint density at radius 2 is 1.86 bits per heavy atom. The lowest BCUT2D eigenvalue weighted by molar-refractivity contribution is -0.278. The van der Waals surface area contributed by atoms with E-state index in [-0.39, 0.29) is 23.6 Å². The summed E-state index contributed by atoms with van der Waals surface area (Å²) in [6.45, 7) is 12.1. The molecule has 8 unspecified atom stereocenters. The molecule has 5 aliphatic rings. The molecule has 2 N–H and O–H groups in total. The van der Waals surface area contributed by atoms with Gasteiger partial charge >= 0.3 is 5.97 Å². The van der Waals surface area contributed by atoms with Crippen molar-refractivity contribution in [1.82, 2.24) is 9.88 Å². The molecule has 2 bridgehead atoms. The molecular formula is C34H44N2O6. The Morgan fingerprint density at radius 3 is 2.55 bits per heavy atom. The van der Waals surface area contributed by atoms with E-state index in [4.69, 9.17) is 14.2 Å². The quantitative estimate of drug-likeness (QED) is 0.520. The second-order valence-electron chi connectivity index (χ2n) is 15.0. The van der Waals surface area contributed by atoms with Gasteiger partial charge in [0.15, 0.2) is 17.7 Å². The molecule has 8 atom stereocenters. The van der Waals surface area contributed by atoms with Crippen molar-refractivity contribution in [2.24, 2.45) is 17.3 Å². The molecule has 2 saturated carbocycles. The van der Waals surface area contributed by atoms with Crippen LogP contribution in [0.5, 0.6) is 0 Å². The number of hydrogen-bond acceptors (Lipinski definition) is 7. The summed E-state index contributed by atoms with van der Waals surface area (Å²) < 4.78 is 19.5. The van der Waals surface area contributed by atoms with Gasteiger partial charge in [0, 0.05) is 39.4 Å². The first-order valence-electron chi connectivity index (χ1n) is 15.4. The summed E-state index contributed by atoms with van der Waals surface area (Å²) in [4.78, 5) is 33.1. The fourth-order valence-electron chi connectivity index (χ4n) is 9.82. The minimum atomic E-state index is -1.71. The van der Waals surface area contributed by atoms with Crippen LogP contribution in [0, 0.1) is 17.3 Å². The Hall–Kier alpha value is -2.52. The summed E-state index contributed by atoms with van der Waals surface area (Å²) in [5, 5.41) is 14.6. The molecule has 42 heavy (non-hydrogen) atoms. The smallest absolute Gasteiger partial charge is 0.323 e. The zero-order chi connectivity index (χ0) is 30.2. The predicted octanol–water partition coefficient (Wildman–Crippen LogP) is 4.43. The maximum Gasteiger partial charge on any atom is 0.323 e. The highest BCUT2D eigenvalue weighted by atomic mass is 16.8. The molecular weight excluding hydrogens is 532 g/mol. The highest BCUT2D eigenvalue weighted by molar-refractivity contribution is 5.97. The fraction of sp³-hybridized carbons (Fsp3) is 0.647. The number of aliphatic hydroxyl groups is 1. The molecule has 3 aliphatic carbocycles. The van der Waals surface area contributed by atoms with Crippen molar-refractivity contribution in [2.45, 2.75) is 108 Å². The van der Waals surface area contributed by atoms with E-state index in [1.807, 2.05) is 52.8 Å². The minimum absolute atomic E-state index is 0.0104. The first-order chi connectivity index (χ1) is 19.6. The largest absolute Gasteiger partial charge is 0.458 e. The highest BCUT2D eigenvalue weighted by Crippen LogP contribution is 2.72. The number of nitrogens with zero attached hydrogens (tertiary/aromatic N) is 1. The average Bonchev–Trinajstić information content (AvgIpc) is 3.48. The number of para-hydroxylation sites is 1. The van der Waals surface area contributed by atoms with Gasteiger partial charge in [0.1, 0.15) is 23.3 Å². The van der Waals surface area contributed by atoms with Gasteiger partial charge in [0.2, 0.25) is 0 Å². The summed E-state index contributed by atoms with van der Waals surface area (Å²) in [5.41, 5.74) is 0.0359. The average molecular weight is 577 g/mol. The number of aromatic nitrogens is 1. The van der Waals surface area contributed by atoms with E-state index in [0.29, 0.717) is 24.8 Å². The summed E-state index contributed by atoms with van der Waals surface area (Å²) in [6.07, 6.45) is 2.28. The van der Waals surface area contributed by atoms with Crippen LogP contribution in [0.4, 0.5) is 0 Å². The zero-order valence-electron chi connectivity index (χ0n) is 26.0. The number of aromatic amines is 1. The van der Waals surface area contributed by atoms with Crippen LogP contribution >= 0.6 is 0 Å². The number of likely N-dealkylation sites (N-methyl/N-ethyl adjacent to an activating group) is 1. The molecule has 3 fully saturated rings. The Labute approximate surface area is 247 Å². The molecule has 2 aliphatic heterocycles. The molecule has 0 amide bonds. The number of nitrogens with one attached hydrogen (secondary N) is 1. The third kappa shape index (κ3) is 3.22. The summed E-state index contributed by atoms with van der Waals surface area (Å²) in [6, 6.07) is 7.88. The molecule has 8 nitrogen and oxygen atoms in total. The van der Waals surface area contributed by atoms with Gasteiger partial charge in [-0.1, -0.05) is 45.9 Å². The third-order valence-electron chi connectivity index (χ3n) is 11.9. The van der Waals surface area contributed by atoms with Crippen LogP contribution in [-0.2, 0) is 35.6 Å². The van der Waals surface area contributed by atoms with Crippen LogP contribution in [0.25, 0.3) is 10.9 Å². The molecule has 1 aromatic carbocycles. The fourth-order valence-corrected chi connectivity index (χ4v) is 9.82. The molecule has 0 radical (unpaired) electrons. The second kappa shape index (κ2) is 8.56. The van der Waals surface area contributed by atoms with Crippen molar-refractivity contribution >= 4 is 22.7 Å². The van der Waals surface area contributed by atoms with Gasteiger partial charge in [0.25, 0.3) is 0 Å². The Kier molecular flexibility index (Phi) is 5.76. The summed E-state index contributed by atoms with van der Waals surface area (Å²) in [7, 11) is 3.75.